The molecule has 9 nitrogen and oxygen atoms in total. The van der Waals surface area contributed by atoms with Gasteiger partial charge in [-0.3, -0.25) is 9.35 Å². The summed E-state index contributed by atoms with van der Waals surface area (Å²) in [5.74, 6) is -1.02. The maximum atomic E-state index is 13.4. The van der Waals surface area contributed by atoms with Crippen LogP contribution in [-0.2, 0) is 10.1 Å². The summed E-state index contributed by atoms with van der Waals surface area (Å²) in [5, 5.41) is 25.3. The van der Waals surface area contributed by atoms with Gasteiger partial charge in [0.05, 0.1) is 23.0 Å². The number of anilines is 1. The van der Waals surface area contributed by atoms with Crippen molar-refractivity contribution >= 4 is 67.1 Å². The van der Waals surface area contributed by atoms with Crippen LogP contribution >= 0.6 is 23.2 Å². The number of fused-ring (bicyclic) bond motifs is 1. The Labute approximate surface area is 256 Å². The third-order valence-electron chi connectivity index (χ3n) is 5.45. The Morgan fingerprint density at radius 3 is 2.49 bits per heavy atom. The van der Waals surface area contributed by atoms with Crippen LogP contribution in [0, 0.1) is 6.92 Å². The second-order valence-electron chi connectivity index (χ2n) is 8.10. The van der Waals surface area contributed by atoms with Crippen LogP contribution in [-0.4, -0.2) is 25.5 Å². The average molecular weight is 596 g/mol. The maximum absolute atomic E-state index is 13.4. The maximum Gasteiger partial charge on any atom is 1.00 e. The van der Waals surface area contributed by atoms with E-state index in [-0.39, 0.29) is 67.8 Å². The first-order valence-electron chi connectivity index (χ1n) is 11.2. The van der Waals surface area contributed by atoms with Gasteiger partial charge in [0, 0.05) is 22.0 Å². The average Bonchev–Trinajstić information content (AvgIpc) is 2.84. The van der Waals surface area contributed by atoms with Gasteiger partial charge in [0.15, 0.2) is 0 Å². The predicted octanol–water partition coefficient (Wildman–Crippen LogP) is 3.85. The van der Waals surface area contributed by atoms with Crippen LogP contribution in [0.2, 0.25) is 10.0 Å². The molecule has 0 saturated carbocycles. The summed E-state index contributed by atoms with van der Waals surface area (Å²) in [6, 6.07) is 15.4. The molecule has 0 saturated heterocycles. The van der Waals surface area contributed by atoms with Gasteiger partial charge in [0.1, 0.15) is 16.3 Å². The number of nitrogens with one attached hydrogen (secondary N) is 1. The van der Waals surface area contributed by atoms with E-state index in [1.807, 2.05) is 6.92 Å². The van der Waals surface area contributed by atoms with Gasteiger partial charge >= 0.3 is 29.6 Å². The van der Waals surface area contributed by atoms with E-state index in [0.717, 1.165) is 0 Å². The first-order valence-corrected chi connectivity index (χ1v) is 13.3. The van der Waals surface area contributed by atoms with Gasteiger partial charge in [-0.15, -0.1) is 5.11 Å². The van der Waals surface area contributed by atoms with Crippen molar-refractivity contribution in [1.29, 1.82) is 0 Å². The molecule has 0 radical (unpaired) electrons. The molecule has 0 spiro atoms. The van der Waals surface area contributed by atoms with Gasteiger partial charge in [-0.25, -0.2) is 0 Å². The number of carbonyl (C=O) groups excluding carboxylic acids is 1. The van der Waals surface area contributed by atoms with E-state index in [4.69, 9.17) is 27.9 Å². The first-order chi connectivity index (χ1) is 18.0. The van der Waals surface area contributed by atoms with Crippen molar-refractivity contribution in [1.82, 2.24) is 0 Å². The minimum absolute atomic E-state index is 0. The molecule has 0 heterocycles. The number of azo groups is 1. The Balaban J connectivity index is 0.00000420. The summed E-state index contributed by atoms with van der Waals surface area (Å²) in [6.07, 6.45) is 0. The molecule has 0 aliphatic heterocycles. The Morgan fingerprint density at radius 2 is 1.79 bits per heavy atom. The number of hydrogen-bond acceptors (Lipinski definition) is 7. The molecular weight excluding hydrogens is 576 g/mol. The van der Waals surface area contributed by atoms with Crippen molar-refractivity contribution in [3.05, 3.63) is 81.8 Å². The molecule has 0 aromatic heterocycles. The van der Waals surface area contributed by atoms with E-state index < -0.39 is 26.7 Å². The van der Waals surface area contributed by atoms with Crippen LogP contribution in [0.4, 0.5) is 17.1 Å². The largest absolute Gasteiger partial charge is 1.00 e. The molecule has 0 fully saturated rings. The zero-order valence-corrected chi connectivity index (χ0v) is 25.4. The fraction of sp³-hybridized carbons (Fsp3) is 0.115. The number of halogens is 2. The van der Waals surface area contributed by atoms with E-state index in [1.54, 1.807) is 36.4 Å². The van der Waals surface area contributed by atoms with Crippen molar-refractivity contribution in [2.24, 2.45) is 10.2 Å². The Morgan fingerprint density at radius 1 is 1.08 bits per heavy atom. The van der Waals surface area contributed by atoms with Crippen molar-refractivity contribution in [2.75, 3.05) is 11.9 Å². The number of aryl methyl sites for hydroxylation is 1. The molecule has 0 aliphatic rings. The van der Waals surface area contributed by atoms with Gasteiger partial charge < -0.3 is 15.2 Å². The van der Waals surface area contributed by atoms with Crippen molar-refractivity contribution < 1.29 is 57.2 Å². The van der Waals surface area contributed by atoms with Gasteiger partial charge in [0.2, 0.25) is 0 Å². The molecule has 0 bridgehead atoms. The predicted molar refractivity (Wildman–Crippen MR) is 144 cm³/mol. The van der Waals surface area contributed by atoms with Crippen LogP contribution in [0.3, 0.4) is 0 Å². The second-order valence-corrected chi connectivity index (χ2v) is 10.3. The standard InChI is InChI=1S/C26H21Cl2N3O6S.Na/c1-3-37-17-8-9-20(28)21(13-17)29-26(33)19-11-15-6-4-5-7-18(15)23(24(19)32)31-30-22-12-16(27)10-14(2)25(22)38(34,35)36;/h4-13,32H,3H2,1-2H3,(H,29,33)(H,34,35,36);/q;+1/p-1. The molecule has 0 unspecified atom stereocenters. The first kappa shape index (κ1) is 30.8. The van der Waals surface area contributed by atoms with E-state index in [9.17, 15) is 22.9 Å². The fourth-order valence-electron chi connectivity index (χ4n) is 3.85. The molecule has 0 atom stereocenters. The monoisotopic (exact) mass is 595 g/mol. The van der Waals surface area contributed by atoms with Crippen molar-refractivity contribution in [3.8, 4) is 11.5 Å². The van der Waals surface area contributed by atoms with E-state index >= 15 is 0 Å². The van der Waals surface area contributed by atoms with E-state index in [1.165, 1.54) is 31.2 Å². The Bertz CT molecular complexity index is 1710. The number of hydrogen-bond donors (Lipinski definition) is 2. The number of amides is 1. The summed E-state index contributed by atoms with van der Waals surface area (Å²) >= 11 is 12.3. The normalized spacial score (nSPS) is 11.4. The third kappa shape index (κ3) is 6.90. The van der Waals surface area contributed by atoms with Gasteiger partial charge in [-0.2, -0.15) is 13.5 Å². The number of carbonyl (C=O) groups is 1. The van der Waals surface area contributed by atoms with Crippen LogP contribution in [0.5, 0.6) is 11.5 Å². The van der Waals surface area contributed by atoms with Crippen LogP contribution in [0.1, 0.15) is 22.8 Å². The molecule has 39 heavy (non-hydrogen) atoms. The smallest absolute Gasteiger partial charge is 0.870 e. The topological polar surface area (TPSA) is 140 Å². The summed E-state index contributed by atoms with van der Waals surface area (Å²) in [5.41, 5.74) is -0.338. The molecule has 4 aromatic carbocycles. The van der Waals surface area contributed by atoms with E-state index in [0.29, 0.717) is 23.1 Å². The number of rotatable bonds is 7. The molecular formula is C26H20Cl2N3NaO6S. The number of benzene rings is 4. The minimum atomic E-state index is -4.68. The van der Waals surface area contributed by atoms with Gasteiger partial charge in [-0.05, 0) is 55.1 Å². The Kier molecular flexibility index (Phi) is 10.0. The fourth-order valence-corrected chi connectivity index (χ4v) is 5.11. The minimum Gasteiger partial charge on any atom is -0.870 e. The summed E-state index contributed by atoms with van der Waals surface area (Å²) in [7, 11) is -4.68. The van der Waals surface area contributed by atoms with Crippen LogP contribution in [0.15, 0.2) is 75.8 Å². The zero-order chi connectivity index (χ0) is 27.6. The second kappa shape index (κ2) is 12.6. The molecule has 4 rings (SSSR count). The molecule has 2 N–H and O–H groups in total. The van der Waals surface area contributed by atoms with Crippen molar-refractivity contribution in [3.63, 3.8) is 0 Å². The van der Waals surface area contributed by atoms with Crippen LogP contribution in [0.25, 0.3) is 10.8 Å². The van der Waals surface area contributed by atoms with E-state index in [2.05, 4.69) is 15.5 Å². The Hall–Kier alpha value is -2.70. The third-order valence-corrected chi connectivity index (χ3v) is 7.05. The molecule has 4 aromatic rings. The van der Waals surface area contributed by atoms with Gasteiger partial charge in [0.25, 0.3) is 16.0 Å². The summed E-state index contributed by atoms with van der Waals surface area (Å²) in [6.45, 7) is 3.65. The summed E-state index contributed by atoms with van der Waals surface area (Å²) in [4.78, 5) is 12.7. The molecule has 196 valence electrons. The number of nitrogens with zero attached hydrogens (tertiary/aromatic N) is 2. The SMILES string of the molecule is CCOc1ccc(Cl)c(NC(=O)c2cc3ccccc3c(N=Nc3cc(Cl)cc(C)c3S(=O)(=O)O)c2[O-])c1.[Na+]. The van der Waals surface area contributed by atoms with Crippen LogP contribution < -0.4 is 44.7 Å². The summed E-state index contributed by atoms with van der Waals surface area (Å²) < 4.78 is 39.1. The number of ether oxygens (including phenoxy) is 1. The molecule has 1 amide bonds. The van der Waals surface area contributed by atoms with Gasteiger partial charge in [-0.1, -0.05) is 53.2 Å². The molecule has 13 heteroatoms. The van der Waals surface area contributed by atoms with Crippen molar-refractivity contribution in [2.45, 2.75) is 18.7 Å². The zero-order valence-electron chi connectivity index (χ0n) is 21.0. The quantitative estimate of drug-likeness (QED) is 0.189. The molecule has 0 aliphatic carbocycles.